The summed E-state index contributed by atoms with van der Waals surface area (Å²) < 4.78 is 5.55. The van der Waals surface area contributed by atoms with Crippen LogP contribution in [0, 0.1) is 0 Å². The lowest BCUT2D eigenvalue weighted by Crippen LogP contribution is -1.88. The van der Waals surface area contributed by atoms with E-state index in [1.165, 1.54) is 6.08 Å². The minimum Gasteiger partial charge on any atom is -0.478 e. The molecule has 2 rings (SSSR count). The van der Waals surface area contributed by atoms with Crippen LogP contribution < -0.4 is 4.74 Å². The predicted molar refractivity (Wildman–Crippen MR) is 72.4 cm³/mol. The highest BCUT2D eigenvalue weighted by atomic mass is 35.5. The lowest BCUT2D eigenvalue weighted by atomic mass is 10.2. The number of ether oxygens (including phenoxy) is 1. The molecule has 0 amide bonds. The number of hydrogen-bond acceptors (Lipinski definition) is 3. The average molecular weight is 276 g/mol. The van der Waals surface area contributed by atoms with Crippen molar-refractivity contribution in [3.8, 4) is 11.5 Å². The molecule has 0 spiro atoms. The zero-order chi connectivity index (χ0) is 13.7. The summed E-state index contributed by atoms with van der Waals surface area (Å²) in [5.41, 5.74) is 0.686. The summed E-state index contributed by atoms with van der Waals surface area (Å²) in [6.45, 7) is 0. The molecule has 2 aromatic rings. The minimum absolute atomic E-state index is 0.399. The van der Waals surface area contributed by atoms with Gasteiger partial charge in [-0.15, -0.1) is 0 Å². The molecule has 1 aromatic carbocycles. The van der Waals surface area contributed by atoms with Crippen molar-refractivity contribution in [3.05, 3.63) is 59.4 Å². The molecule has 0 aliphatic rings. The van der Waals surface area contributed by atoms with E-state index in [9.17, 15) is 4.79 Å². The molecule has 5 heteroatoms. The standard InChI is InChI=1S/C14H10ClNO3/c15-12-8-10(4-6-14(17)18)3-5-13(12)19-11-2-1-7-16-9-11/h1-9H,(H,17,18)/b6-4+. The smallest absolute Gasteiger partial charge is 0.328 e. The molecule has 0 saturated heterocycles. The van der Waals surface area contributed by atoms with Crippen molar-refractivity contribution >= 4 is 23.6 Å². The Balaban J connectivity index is 2.18. The number of benzene rings is 1. The van der Waals surface area contributed by atoms with E-state index in [2.05, 4.69) is 4.98 Å². The molecule has 0 fully saturated rings. The third-order valence-electron chi connectivity index (χ3n) is 2.24. The van der Waals surface area contributed by atoms with Crippen LogP contribution in [-0.4, -0.2) is 16.1 Å². The van der Waals surface area contributed by atoms with E-state index in [0.717, 1.165) is 6.08 Å². The molecule has 0 unspecified atom stereocenters. The van der Waals surface area contributed by atoms with Gasteiger partial charge in [0, 0.05) is 12.3 Å². The molecule has 1 N–H and O–H groups in total. The molecule has 1 aromatic heterocycles. The van der Waals surface area contributed by atoms with Gasteiger partial charge < -0.3 is 9.84 Å². The molecule has 0 atom stereocenters. The first-order valence-electron chi connectivity index (χ1n) is 5.43. The molecule has 0 saturated carbocycles. The van der Waals surface area contributed by atoms with Crippen molar-refractivity contribution in [1.82, 2.24) is 4.98 Å². The fraction of sp³-hybridized carbons (Fsp3) is 0. The number of nitrogens with zero attached hydrogens (tertiary/aromatic N) is 1. The Morgan fingerprint density at radius 3 is 2.84 bits per heavy atom. The van der Waals surface area contributed by atoms with E-state index >= 15 is 0 Å². The maximum absolute atomic E-state index is 10.4. The Morgan fingerprint density at radius 2 is 2.21 bits per heavy atom. The summed E-state index contributed by atoms with van der Waals surface area (Å²) in [5, 5.41) is 8.94. The Kier molecular flexibility index (Phi) is 4.15. The molecule has 0 aliphatic heterocycles. The number of aromatic nitrogens is 1. The number of carboxylic acids is 1. The topological polar surface area (TPSA) is 59.4 Å². The van der Waals surface area contributed by atoms with Crippen molar-refractivity contribution < 1.29 is 14.6 Å². The fourth-order valence-corrected chi connectivity index (χ4v) is 1.63. The van der Waals surface area contributed by atoms with Gasteiger partial charge in [0.15, 0.2) is 0 Å². The molecule has 1 heterocycles. The van der Waals surface area contributed by atoms with Gasteiger partial charge in [0.05, 0.1) is 11.2 Å². The SMILES string of the molecule is O=C(O)/C=C/c1ccc(Oc2cccnc2)c(Cl)c1. The van der Waals surface area contributed by atoms with Gasteiger partial charge >= 0.3 is 5.97 Å². The maximum Gasteiger partial charge on any atom is 0.328 e. The quantitative estimate of drug-likeness (QED) is 0.866. The fourth-order valence-electron chi connectivity index (χ4n) is 1.41. The van der Waals surface area contributed by atoms with Gasteiger partial charge in [-0.1, -0.05) is 17.7 Å². The summed E-state index contributed by atoms with van der Waals surface area (Å²) in [6, 6.07) is 8.55. The molecule has 0 radical (unpaired) electrons. The highest BCUT2D eigenvalue weighted by molar-refractivity contribution is 6.32. The maximum atomic E-state index is 10.4. The van der Waals surface area contributed by atoms with Gasteiger partial charge in [0.25, 0.3) is 0 Å². The van der Waals surface area contributed by atoms with Crippen molar-refractivity contribution in [2.24, 2.45) is 0 Å². The first-order chi connectivity index (χ1) is 9.15. The summed E-state index contributed by atoms with van der Waals surface area (Å²) >= 11 is 6.07. The summed E-state index contributed by atoms with van der Waals surface area (Å²) in [7, 11) is 0. The zero-order valence-electron chi connectivity index (χ0n) is 9.79. The van der Waals surface area contributed by atoms with Crippen LogP contribution in [0.25, 0.3) is 6.08 Å². The second-order valence-corrected chi connectivity index (χ2v) is 4.06. The number of pyridine rings is 1. The molecular weight excluding hydrogens is 266 g/mol. The first kappa shape index (κ1) is 13.1. The predicted octanol–water partition coefficient (Wildman–Crippen LogP) is 3.63. The number of hydrogen-bond donors (Lipinski definition) is 1. The van der Waals surface area contributed by atoms with Crippen LogP contribution >= 0.6 is 11.6 Å². The Hall–Kier alpha value is -2.33. The first-order valence-corrected chi connectivity index (χ1v) is 5.81. The van der Waals surface area contributed by atoms with Crippen LogP contribution in [0.15, 0.2) is 48.8 Å². The Bertz CT molecular complexity index is 611. The molecule has 96 valence electrons. The number of rotatable bonds is 4. The third-order valence-corrected chi connectivity index (χ3v) is 2.53. The lowest BCUT2D eigenvalue weighted by molar-refractivity contribution is -0.131. The van der Waals surface area contributed by atoms with Gasteiger partial charge in [-0.25, -0.2) is 4.79 Å². The number of aliphatic carboxylic acids is 1. The van der Waals surface area contributed by atoms with Gasteiger partial charge in [-0.2, -0.15) is 0 Å². The van der Waals surface area contributed by atoms with E-state index in [4.69, 9.17) is 21.4 Å². The molecule has 0 aliphatic carbocycles. The van der Waals surface area contributed by atoms with E-state index in [1.807, 2.05) is 0 Å². The van der Waals surface area contributed by atoms with Gasteiger partial charge in [-0.3, -0.25) is 4.98 Å². The van der Waals surface area contributed by atoms with Gasteiger partial charge in [0.1, 0.15) is 11.5 Å². The largest absolute Gasteiger partial charge is 0.478 e. The van der Waals surface area contributed by atoms with Crippen LogP contribution in [-0.2, 0) is 4.79 Å². The third kappa shape index (κ3) is 3.82. The van der Waals surface area contributed by atoms with Crippen LogP contribution in [0.3, 0.4) is 0 Å². The lowest BCUT2D eigenvalue weighted by Gasteiger charge is -2.07. The van der Waals surface area contributed by atoms with E-state index in [1.54, 1.807) is 42.7 Å². The van der Waals surface area contributed by atoms with Crippen LogP contribution in [0.1, 0.15) is 5.56 Å². The summed E-state index contributed by atoms with van der Waals surface area (Å²) in [6.07, 6.45) is 5.73. The Labute approximate surface area is 114 Å². The number of halogens is 1. The Morgan fingerprint density at radius 1 is 1.37 bits per heavy atom. The van der Waals surface area contributed by atoms with Crippen molar-refractivity contribution in [1.29, 1.82) is 0 Å². The highest BCUT2D eigenvalue weighted by Crippen LogP contribution is 2.30. The second kappa shape index (κ2) is 6.02. The second-order valence-electron chi connectivity index (χ2n) is 3.65. The molecular formula is C14H10ClNO3. The summed E-state index contributed by atoms with van der Waals surface area (Å²) in [5.74, 6) is 0.0622. The van der Waals surface area contributed by atoms with Crippen LogP contribution in [0.2, 0.25) is 5.02 Å². The van der Waals surface area contributed by atoms with Gasteiger partial charge in [0.2, 0.25) is 0 Å². The minimum atomic E-state index is -1.01. The molecule has 4 nitrogen and oxygen atoms in total. The highest BCUT2D eigenvalue weighted by Gasteiger charge is 2.03. The number of carboxylic acid groups (broad SMARTS) is 1. The van der Waals surface area contributed by atoms with Gasteiger partial charge in [-0.05, 0) is 35.9 Å². The van der Waals surface area contributed by atoms with Crippen LogP contribution in [0.4, 0.5) is 0 Å². The van der Waals surface area contributed by atoms with E-state index in [0.29, 0.717) is 22.1 Å². The van der Waals surface area contributed by atoms with Crippen molar-refractivity contribution in [2.75, 3.05) is 0 Å². The number of carbonyl (C=O) groups is 1. The van der Waals surface area contributed by atoms with Crippen molar-refractivity contribution in [3.63, 3.8) is 0 Å². The van der Waals surface area contributed by atoms with E-state index in [-0.39, 0.29) is 0 Å². The van der Waals surface area contributed by atoms with E-state index < -0.39 is 5.97 Å². The summed E-state index contributed by atoms with van der Waals surface area (Å²) in [4.78, 5) is 14.3. The molecule has 0 bridgehead atoms. The average Bonchev–Trinajstić information content (AvgIpc) is 2.40. The normalized spacial score (nSPS) is 10.6. The zero-order valence-corrected chi connectivity index (χ0v) is 10.5. The molecule has 19 heavy (non-hydrogen) atoms. The van der Waals surface area contributed by atoms with Crippen molar-refractivity contribution in [2.45, 2.75) is 0 Å². The monoisotopic (exact) mass is 275 g/mol. The van der Waals surface area contributed by atoms with Crippen LogP contribution in [0.5, 0.6) is 11.5 Å².